The average molecular weight is 253 g/mol. The van der Waals surface area contributed by atoms with Crippen molar-refractivity contribution >= 4 is 5.69 Å². The van der Waals surface area contributed by atoms with Crippen LogP contribution in [0.3, 0.4) is 0 Å². The molecule has 2 unspecified atom stereocenters. The van der Waals surface area contributed by atoms with Gasteiger partial charge in [0.2, 0.25) is 0 Å². The lowest BCUT2D eigenvalue weighted by Gasteiger charge is -2.39. The fourth-order valence-corrected chi connectivity index (χ4v) is 2.62. The number of piperidine rings is 1. The maximum Gasteiger partial charge on any atom is 0.125 e. The van der Waals surface area contributed by atoms with Crippen molar-refractivity contribution in [3.05, 3.63) is 29.6 Å². The van der Waals surface area contributed by atoms with Crippen LogP contribution in [0.15, 0.2) is 18.2 Å². The predicted molar refractivity (Wildman–Crippen MR) is 69.2 cm³/mol. The van der Waals surface area contributed by atoms with E-state index in [0.29, 0.717) is 17.7 Å². The smallest absolute Gasteiger partial charge is 0.125 e. The lowest BCUT2D eigenvalue weighted by atomic mass is 9.99. The quantitative estimate of drug-likeness (QED) is 0.897. The first kappa shape index (κ1) is 13.3. The molecular formula is C14H20FNO2. The molecule has 2 atom stereocenters. The summed E-state index contributed by atoms with van der Waals surface area (Å²) in [6.45, 7) is 2.84. The van der Waals surface area contributed by atoms with Crippen molar-refractivity contribution in [3.63, 3.8) is 0 Å². The second-order valence-corrected chi connectivity index (χ2v) is 4.90. The zero-order valence-electron chi connectivity index (χ0n) is 10.9. The van der Waals surface area contributed by atoms with Crippen molar-refractivity contribution in [2.24, 2.45) is 0 Å². The van der Waals surface area contributed by atoms with Gasteiger partial charge in [-0.25, -0.2) is 4.39 Å². The van der Waals surface area contributed by atoms with E-state index in [2.05, 4.69) is 11.8 Å². The molecule has 2 rings (SSSR count). The van der Waals surface area contributed by atoms with E-state index >= 15 is 0 Å². The van der Waals surface area contributed by atoms with Gasteiger partial charge >= 0.3 is 0 Å². The highest BCUT2D eigenvalue weighted by Gasteiger charge is 2.25. The largest absolute Gasteiger partial charge is 0.392 e. The predicted octanol–water partition coefficient (Wildman–Crippen LogP) is 2.32. The second kappa shape index (κ2) is 5.67. The van der Waals surface area contributed by atoms with E-state index in [-0.39, 0.29) is 12.4 Å². The summed E-state index contributed by atoms with van der Waals surface area (Å²) in [5.74, 6) is -0.294. The second-order valence-electron chi connectivity index (χ2n) is 4.90. The first-order chi connectivity index (χ1) is 8.63. The molecule has 1 aliphatic heterocycles. The minimum Gasteiger partial charge on any atom is -0.392 e. The number of methoxy groups -OCH3 is 1. The van der Waals surface area contributed by atoms with Gasteiger partial charge < -0.3 is 14.7 Å². The van der Waals surface area contributed by atoms with Crippen LogP contribution in [0.1, 0.15) is 25.3 Å². The van der Waals surface area contributed by atoms with Crippen LogP contribution in [0.5, 0.6) is 0 Å². The summed E-state index contributed by atoms with van der Waals surface area (Å²) in [7, 11) is 1.74. The number of hydrogen-bond donors (Lipinski definition) is 1. The third-order valence-electron chi connectivity index (χ3n) is 3.62. The van der Waals surface area contributed by atoms with E-state index in [0.717, 1.165) is 25.1 Å². The van der Waals surface area contributed by atoms with Crippen LogP contribution in [0, 0.1) is 5.82 Å². The standard InChI is InChI=1S/C14H20FNO2/c1-10-5-14(18-2)3-4-16(10)13-7-11(9-17)6-12(15)8-13/h6-8,10,14,17H,3-5,9H2,1-2H3. The molecule has 1 aliphatic rings. The maximum atomic E-state index is 13.5. The molecule has 1 aromatic carbocycles. The van der Waals surface area contributed by atoms with E-state index < -0.39 is 0 Å². The molecule has 3 nitrogen and oxygen atoms in total. The molecule has 1 N–H and O–H groups in total. The summed E-state index contributed by atoms with van der Waals surface area (Å²) in [5.41, 5.74) is 1.46. The monoisotopic (exact) mass is 253 g/mol. The van der Waals surface area contributed by atoms with E-state index in [9.17, 15) is 4.39 Å². The summed E-state index contributed by atoms with van der Waals surface area (Å²) >= 11 is 0. The number of halogens is 1. The number of ether oxygens (including phenoxy) is 1. The molecular weight excluding hydrogens is 233 g/mol. The molecule has 0 saturated carbocycles. The summed E-state index contributed by atoms with van der Waals surface area (Å²) in [6.07, 6.45) is 2.19. The van der Waals surface area contributed by atoms with Crippen molar-refractivity contribution < 1.29 is 14.2 Å². The molecule has 4 heteroatoms. The average Bonchev–Trinajstić information content (AvgIpc) is 2.37. The topological polar surface area (TPSA) is 32.7 Å². The van der Waals surface area contributed by atoms with Gasteiger partial charge in [0.1, 0.15) is 5.82 Å². The lowest BCUT2D eigenvalue weighted by Crippen LogP contribution is -2.43. The van der Waals surface area contributed by atoms with Crippen LogP contribution in [-0.2, 0) is 11.3 Å². The van der Waals surface area contributed by atoms with Gasteiger partial charge in [0.15, 0.2) is 0 Å². The zero-order chi connectivity index (χ0) is 13.1. The molecule has 0 spiro atoms. The molecule has 0 aliphatic carbocycles. The lowest BCUT2D eigenvalue weighted by molar-refractivity contribution is 0.0721. The van der Waals surface area contributed by atoms with Gasteiger partial charge in [-0.15, -0.1) is 0 Å². The molecule has 0 bridgehead atoms. The Morgan fingerprint density at radius 3 is 2.83 bits per heavy atom. The Kier molecular flexibility index (Phi) is 4.19. The van der Waals surface area contributed by atoms with Crippen molar-refractivity contribution in [1.82, 2.24) is 0 Å². The number of aliphatic hydroxyl groups excluding tert-OH is 1. The Labute approximate surface area is 107 Å². The maximum absolute atomic E-state index is 13.5. The zero-order valence-corrected chi connectivity index (χ0v) is 10.9. The normalized spacial score (nSPS) is 24.3. The molecule has 1 fully saturated rings. The molecule has 0 amide bonds. The van der Waals surface area contributed by atoms with Crippen molar-refractivity contribution in [1.29, 1.82) is 0 Å². The SMILES string of the molecule is COC1CCN(c2cc(F)cc(CO)c2)C(C)C1. The third-order valence-corrected chi connectivity index (χ3v) is 3.62. The Balaban J connectivity index is 2.18. The summed E-state index contributed by atoms with van der Waals surface area (Å²) in [4.78, 5) is 2.18. The molecule has 0 aromatic heterocycles. The fraction of sp³-hybridized carbons (Fsp3) is 0.571. The van der Waals surface area contributed by atoms with Gasteiger partial charge in [-0.2, -0.15) is 0 Å². The van der Waals surface area contributed by atoms with Gasteiger partial charge in [-0.05, 0) is 43.5 Å². The fourth-order valence-electron chi connectivity index (χ4n) is 2.62. The summed E-state index contributed by atoms with van der Waals surface area (Å²) in [5, 5.41) is 9.13. The Morgan fingerprint density at radius 2 is 2.22 bits per heavy atom. The first-order valence-electron chi connectivity index (χ1n) is 6.33. The number of anilines is 1. The van der Waals surface area contributed by atoms with E-state index in [4.69, 9.17) is 9.84 Å². The van der Waals surface area contributed by atoms with Gasteiger partial charge in [0.25, 0.3) is 0 Å². The molecule has 100 valence electrons. The highest BCUT2D eigenvalue weighted by Crippen LogP contribution is 2.27. The van der Waals surface area contributed by atoms with Gasteiger partial charge in [-0.1, -0.05) is 0 Å². The highest BCUT2D eigenvalue weighted by molar-refractivity contribution is 5.50. The van der Waals surface area contributed by atoms with Crippen LogP contribution >= 0.6 is 0 Å². The highest BCUT2D eigenvalue weighted by atomic mass is 19.1. The number of hydrogen-bond acceptors (Lipinski definition) is 3. The van der Waals surface area contributed by atoms with Crippen LogP contribution in [0.4, 0.5) is 10.1 Å². The summed E-state index contributed by atoms with van der Waals surface area (Å²) < 4.78 is 18.9. The number of nitrogens with zero attached hydrogens (tertiary/aromatic N) is 1. The Bertz CT molecular complexity index is 411. The van der Waals surface area contributed by atoms with Gasteiger partial charge in [0, 0.05) is 25.4 Å². The number of benzene rings is 1. The van der Waals surface area contributed by atoms with Crippen LogP contribution in [0.2, 0.25) is 0 Å². The van der Waals surface area contributed by atoms with Crippen molar-refractivity contribution in [2.45, 2.75) is 38.5 Å². The number of rotatable bonds is 3. The Morgan fingerprint density at radius 1 is 1.44 bits per heavy atom. The summed E-state index contributed by atoms with van der Waals surface area (Å²) in [6, 6.07) is 5.07. The van der Waals surface area contributed by atoms with E-state index in [1.54, 1.807) is 7.11 Å². The van der Waals surface area contributed by atoms with Crippen LogP contribution < -0.4 is 4.90 Å². The van der Waals surface area contributed by atoms with Crippen molar-refractivity contribution in [3.8, 4) is 0 Å². The molecule has 1 saturated heterocycles. The first-order valence-corrected chi connectivity index (χ1v) is 6.33. The van der Waals surface area contributed by atoms with Gasteiger partial charge in [-0.3, -0.25) is 0 Å². The number of aliphatic hydroxyl groups is 1. The third kappa shape index (κ3) is 2.82. The minimum atomic E-state index is -0.294. The molecule has 0 radical (unpaired) electrons. The van der Waals surface area contributed by atoms with E-state index in [1.165, 1.54) is 12.1 Å². The van der Waals surface area contributed by atoms with E-state index in [1.807, 2.05) is 6.07 Å². The Hall–Kier alpha value is -1.13. The van der Waals surface area contributed by atoms with Crippen LogP contribution in [-0.4, -0.2) is 30.9 Å². The molecule has 1 heterocycles. The van der Waals surface area contributed by atoms with Crippen molar-refractivity contribution in [2.75, 3.05) is 18.6 Å². The minimum absolute atomic E-state index is 0.131. The molecule has 1 aromatic rings. The van der Waals surface area contributed by atoms with Crippen LogP contribution in [0.25, 0.3) is 0 Å². The van der Waals surface area contributed by atoms with Gasteiger partial charge in [0.05, 0.1) is 12.7 Å². The molecule has 18 heavy (non-hydrogen) atoms.